The number of fused-ring (bicyclic) bond motifs is 1. The fourth-order valence-electron chi connectivity index (χ4n) is 2.31. The maximum absolute atomic E-state index is 9.89. The number of benzene rings is 1. The molecule has 0 spiro atoms. The third kappa shape index (κ3) is 2.54. The van der Waals surface area contributed by atoms with Crippen molar-refractivity contribution in [1.82, 2.24) is 4.98 Å². The summed E-state index contributed by atoms with van der Waals surface area (Å²) in [4.78, 5) is 3.00. The van der Waals surface area contributed by atoms with E-state index < -0.39 is 31.2 Å². The third-order valence-electron chi connectivity index (χ3n) is 3.44. The van der Waals surface area contributed by atoms with Gasteiger partial charge in [0, 0.05) is 10.7 Å². The van der Waals surface area contributed by atoms with Gasteiger partial charge in [0.05, 0.1) is 22.5 Å². The maximum atomic E-state index is 9.89. The van der Waals surface area contributed by atoms with Crippen LogP contribution in [0, 0.1) is 0 Å². The Bertz CT molecular complexity index is 663. The summed E-state index contributed by atoms with van der Waals surface area (Å²) >= 11 is 9.57. The van der Waals surface area contributed by atoms with Crippen molar-refractivity contribution in [2.45, 2.75) is 24.6 Å². The lowest BCUT2D eigenvalue weighted by Crippen LogP contribution is -2.35. The van der Waals surface area contributed by atoms with Gasteiger partial charge in [0.2, 0.25) is 6.29 Å². The molecule has 1 aromatic carbocycles. The molecule has 0 radical (unpaired) electrons. The van der Waals surface area contributed by atoms with Crippen molar-refractivity contribution < 1.29 is 24.8 Å². The van der Waals surface area contributed by atoms with Crippen LogP contribution in [0.5, 0.6) is 5.75 Å². The van der Waals surface area contributed by atoms with Gasteiger partial charge in [0.25, 0.3) is 0 Å². The van der Waals surface area contributed by atoms with E-state index in [9.17, 15) is 10.2 Å². The zero-order valence-electron chi connectivity index (χ0n) is 10.7. The standard InChI is InChI=1S/C13H13BrClNO5/c14-5-1-2-6-9(10(5)15)7(3-16-6)20-13-12(19)11(18)8(4-17)21-13/h1-3,8,11-13,16-19H,4H2. The molecular weight excluding hydrogens is 366 g/mol. The summed E-state index contributed by atoms with van der Waals surface area (Å²) in [5.41, 5.74) is 0.768. The van der Waals surface area contributed by atoms with E-state index in [4.69, 9.17) is 26.2 Å². The van der Waals surface area contributed by atoms with Crippen LogP contribution < -0.4 is 4.74 Å². The summed E-state index contributed by atoms with van der Waals surface area (Å²) in [6, 6.07) is 3.63. The first kappa shape index (κ1) is 15.1. The molecule has 0 aliphatic carbocycles. The minimum atomic E-state index is -1.25. The minimum Gasteiger partial charge on any atom is -0.460 e. The fraction of sp³-hybridized carbons (Fsp3) is 0.385. The number of aromatic amines is 1. The highest BCUT2D eigenvalue weighted by Crippen LogP contribution is 2.38. The van der Waals surface area contributed by atoms with Gasteiger partial charge in [-0.3, -0.25) is 0 Å². The second kappa shape index (κ2) is 5.75. The van der Waals surface area contributed by atoms with Gasteiger partial charge in [0.15, 0.2) is 0 Å². The molecule has 21 heavy (non-hydrogen) atoms. The summed E-state index contributed by atoms with van der Waals surface area (Å²) in [5.74, 6) is 0.395. The summed E-state index contributed by atoms with van der Waals surface area (Å²) in [6.07, 6.45) is -2.81. The van der Waals surface area contributed by atoms with Crippen molar-refractivity contribution in [2.75, 3.05) is 6.61 Å². The van der Waals surface area contributed by atoms with Gasteiger partial charge in [-0.2, -0.15) is 0 Å². The first-order valence-corrected chi connectivity index (χ1v) is 7.44. The number of hydrogen-bond acceptors (Lipinski definition) is 5. The van der Waals surface area contributed by atoms with E-state index in [-0.39, 0.29) is 0 Å². The molecular formula is C13H13BrClNO5. The van der Waals surface area contributed by atoms with Crippen LogP contribution in [0.4, 0.5) is 0 Å². The van der Waals surface area contributed by atoms with Crippen molar-refractivity contribution in [3.05, 3.63) is 27.8 Å². The first-order valence-electron chi connectivity index (χ1n) is 6.27. The van der Waals surface area contributed by atoms with Crippen LogP contribution in [-0.2, 0) is 4.74 Å². The number of aliphatic hydroxyl groups excluding tert-OH is 3. The smallest absolute Gasteiger partial charge is 0.229 e. The van der Waals surface area contributed by atoms with Crippen LogP contribution in [0.3, 0.4) is 0 Å². The number of halogens is 2. The van der Waals surface area contributed by atoms with E-state index in [1.165, 1.54) is 0 Å². The van der Waals surface area contributed by atoms with Gasteiger partial charge in [-0.05, 0) is 28.1 Å². The van der Waals surface area contributed by atoms with Gasteiger partial charge >= 0.3 is 0 Å². The van der Waals surface area contributed by atoms with Crippen LogP contribution in [0.25, 0.3) is 10.9 Å². The molecule has 1 fully saturated rings. The van der Waals surface area contributed by atoms with E-state index in [0.717, 1.165) is 5.52 Å². The summed E-state index contributed by atoms with van der Waals surface area (Å²) < 4.78 is 11.6. The molecule has 4 unspecified atom stereocenters. The molecule has 6 nitrogen and oxygen atoms in total. The molecule has 1 saturated heterocycles. The number of ether oxygens (including phenoxy) is 2. The summed E-state index contributed by atoms with van der Waals surface area (Å²) in [5, 5.41) is 29.8. The SMILES string of the molecule is OCC1OC(Oc2c[nH]c3ccc(Br)c(Cl)c23)C(O)C1O. The molecule has 0 bridgehead atoms. The van der Waals surface area contributed by atoms with Gasteiger partial charge in [-0.25, -0.2) is 0 Å². The molecule has 2 aromatic rings. The molecule has 2 heterocycles. The first-order chi connectivity index (χ1) is 10.0. The molecule has 3 rings (SSSR count). The van der Waals surface area contributed by atoms with E-state index in [1.54, 1.807) is 12.3 Å². The Kier molecular flexibility index (Phi) is 4.13. The number of nitrogens with one attached hydrogen (secondary N) is 1. The Morgan fingerprint density at radius 1 is 1.33 bits per heavy atom. The fourth-order valence-corrected chi connectivity index (χ4v) is 2.90. The highest BCUT2D eigenvalue weighted by atomic mass is 79.9. The minimum absolute atomic E-state index is 0.395. The number of aliphatic hydroxyl groups is 3. The lowest BCUT2D eigenvalue weighted by atomic mass is 10.1. The van der Waals surface area contributed by atoms with Crippen LogP contribution in [0.2, 0.25) is 5.02 Å². The second-order valence-corrected chi connectivity index (χ2v) is 5.99. The molecule has 114 valence electrons. The lowest BCUT2D eigenvalue weighted by Gasteiger charge is -2.16. The van der Waals surface area contributed by atoms with Crippen molar-refractivity contribution >= 4 is 38.4 Å². The maximum Gasteiger partial charge on any atom is 0.229 e. The van der Waals surface area contributed by atoms with Crippen LogP contribution in [0.15, 0.2) is 22.8 Å². The average Bonchev–Trinajstić information content (AvgIpc) is 3.00. The molecule has 4 atom stereocenters. The summed E-state index contributed by atoms with van der Waals surface area (Å²) in [7, 11) is 0. The number of H-pyrrole nitrogens is 1. The normalized spacial score (nSPS) is 29.2. The van der Waals surface area contributed by atoms with E-state index in [1.807, 2.05) is 6.07 Å². The van der Waals surface area contributed by atoms with Gasteiger partial charge in [0.1, 0.15) is 24.1 Å². The predicted molar refractivity (Wildman–Crippen MR) is 79.4 cm³/mol. The molecule has 1 aliphatic rings. The number of aromatic nitrogens is 1. The number of hydrogen-bond donors (Lipinski definition) is 4. The van der Waals surface area contributed by atoms with E-state index in [0.29, 0.717) is 20.6 Å². The van der Waals surface area contributed by atoms with Crippen LogP contribution in [0.1, 0.15) is 0 Å². The Hall–Kier alpha value is -0.830. The highest BCUT2D eigenvalue weighted by molar-refractivity contribution is 9.10. The zero-order valence-corrected chi connectivity index (χ0v) is 13.0. The van der Waals surface area contributed by atoms with E-state index >= 15 is 0 Å². The van der Waals surface area contributed by atoms with Crippen molar-refractivity contribution in [2.24, 2.45) is 0 Å². The Morgan fingerprint density at radius 3 is 2.76 bits per heavy atom. The molecule has 0 saturated carbocycles. The Balaban J connectivity index is 1.91. The van der Waals surface area contributed by atoms with E-state index in [2.05, 4.69) is 20.9 Å². The molecule has 8 heteroatoms. The molecule has 1 aliphatic heterocycles. The molecule has 4 N–H and O–H groups in total. The van der Waals surface area contributed by atoms with Gasteiger partial charge in [-0.15, -0.1) is 0 Å². The molecule has 1 aromatic heterocycles. The van der Waals surface area contributed by atoms with Crippen LogP contribution >= 0.6 is 27.5 Å². The van der Waals surface area contributed by atoms with Crippen LogP contribution in [-0.4, -0.2) is 51.5 Å². The van der Waals surface area contributed by atoms with Crippen molar-refractivity contribution in [3.63, 3.8) is 0 Å². The third-order valence-corrected chi connectivity index (χ3v) is 4.72. The monoisotopic (exact) mass is 377 g/mol. The predicted octanol–water partition coefficient (Wildman–Crippen LogP) is 1.40. The van der Waals surface area contributed by atoms with Crippen molar-refractivity contribution in [1.29, 1.82) is 0 Å². The second-order valence-electron chi connectivity index (χ2n) is 4.76. The number of rotatable bonds is 3. The largest absolute Gasteiger partial charge is 0.460 e. The molecule has 0 amide bonds. The summed E-state index contributed by atoms with van der Waals surface area (Å²) in [6.45, 7) is -0.404. The highest BCUT2D eigenvalue weighted by Gasteiger charge is 2.44. The Labute approximate surface area is 133 Å². The van der Waals surface area contributed by atoms with Gasteiger partial charge in [-0.1, -0.05) is 11.6 Å². The quantitative estimate of drug-likeness (QED) is 0.648. The average molecular weight is 379 g/mol. The van der Waals surface area contributed by atoms with Crippen molar-refractivity contribution in [3.8, 4) is 5.75 Å². The Morgan fingerprint density at radius 2 is 2.10 bits per heavy atom. The zero-order chi connectivity index (χ0) is 15.1. The van der Waals surface area contributed by atoms with Gasteiger partial charge < -0.3 is 29.8 Å². The lowest BCUT2D eigenvalue weighted by molar-refractivity contribution is -0.115. The topological polar surface area (TPSA) is 94.9 Å².